The second-order valence-corrected chi connectivity index (χ2v) is 7.62. The van der Waals surface area contributed by atoms with Crippen LogP contribution in [0.15, 0.2) is 15.9 Å². The highest BCUT2D eigenvalue weighted by Gasteiger charge is 2.26. The second kappa shape index (κ2) is 6.48. The summed E-state index contributed by atoms with van der Waals surface area (Å²) in [5.74, 6) is 0. The smallest absolute Gasteiger partial charge is 0.0702 e. The molecule has 2 heterocycles. The van der Waals surface area contributed by atoms with Gasteiger partial charge in [0.2, 0.25) is 0 Å². The van der Waals surface area contributed by atoms with Gasteiger partial charge in [0.1, 0.15) is 0 Å². The molecule has 0 amide bonds. The first-order valence-corrected chi connectivity index (χ1v) is 8.08. The minimum atomic E-state index is 0.393. The van der Waals surface area contributed by atoms with Crippen LogP contribution < -0.4 is 5.73 Å². The van der Waals surface area contributed by atoms with Crippen molar-refractivity contribution in [3.63, 3.8) is 0 Å². The Bertz CT molecular complexity index is 372. The van der Waals surface area contributed by atoms with E-state index in [2.05, 4.69) is 52.0 Å². The Labute approximate surface area is 122 Å². The van der Waals surface area contributed by atoms with Crippen LogP contribution in [-0.2, 0) is 0 Å². The lowest BCUT2D eigenvalue weighted by Crippen LogP contribution is -2.44. The Kier molecular flexibility index (Phi) is 5.21. The number of hydrogen-bond donors (Lipinski definition) is 1. The molecule has 1 aromatic heterocycles. The zero-order chi connectivity index (χ0) is 13.1. The monoisotopic (exact) mass is 331 g/mol. The number of thiophene rings is 1. The van der Waals surface area contributed by atoms with Crippen molar-refractivity contribution in [2.45, 2.75) is 24.9 Å². The van der Waals surface area contributed by atoms with Crippen molar-refractivity contribution in [2.24, 2.45) is 5.73 Å². The Balaban J connectivity index is 1.98. The van der Waals surface area contributed by atoms with E-state index in [9.17, 15) is 0 Å². The Morgan fingerprint density at radius 2 is 2.11 bits per heavy atom. The summed E-state index contributed by atoms with van der Waals surface area (Å²) < 4.78 is 1.19. The lowest BCUT2D eigenvalue weighted by Gasteiger charge is -2.38. The topological polar surface area (TPSA) is 32.5 Å². The molecule has 3 nitrogen and oxygen atoms in total. The number of nitrogens with zero attached hydrogens (tertiary/aromatic N) is 2. The molecule has 0 aliphatic carbocycles. The average Bonchev–Trinajstić information content (AvgIpc) is 2.77. The minimum Gasteiger partial charge on any atom is -0.329 e. The molecule has 102 valence electrons. The van der Waals surface area contributed by atoms with Crippen LogP contribution in [0.2, 0.25) is 0 Å². The van der Waals surface area contributed by atoms with Crippen molar-refractivity contribution in [3.8, 4) is 0 Å². The lowest BCUT2D eigenvalue weighted by molar-refractivity contribution is 0.112. The van der Waals surface area contributed by atoms with Crippen LogP contribution in [-0.4, -0.2) is 49.6 Å². The Morgan fingerprint density at radius 1 is 1.44 bits per heavy atom. The largest absolute Gasteiger partial charge is 0.329 e. The van der Waals surface area contributed by atoms with E-state index in [4.69, 9.17) is 5.73 Å². The van der Waals surface area contributed by atoms with Crippen LogP contribution in [0.4, 0.5) is 0 Å². The van der Waals surface area contributed by atoms with Crippen molar-refractivity contribution in [1.82, 2.24) is 9.80 Å². The van der Waals surface area contributed by atoms with Gasteiger partial charge in [0.05, 0.1) is 9.83 Å². The molecule has 1 aliphatic heterocycles. The van der Waals surface area contributed by atoms with Gasteiger partial charge in [0.25, 0.3) is 0 Å². The van der Waals surface area contributed by atoms with Crippen LogP contribution in [0, 0.1) is 0 Å². The number of halogens is 1. The van der Waals surface area contributed by atoms with Crippen molar-refractivity contribution < 1.29 is 0 Å². The van der Waals surface area contributed by atoms with Gasteiger partial charge in [-0.2, -0.15) is 0 Å². The minimum absolute atomic E-state index is 0.393. The number of likely N-dealkylation sites (tertiary alicyclic amines) is 1. The molecule has 5 heteroatoms. The molecule has 0 aromatic carbocycles. The third-order valence-corrected chi connectivity index (χ3v) is 5.54. The molecule has 0 spiro atoms. The number of hydrogen-bond acceptors (Lipinski definition) is 4. The molecule has 2 rings (SSSR count). The summed E-state index contributed by atoms with van der Waals surface area (Å²) in [7, 11) is 4.36. The van der Waals surface area contributed by atoms with E-state index in [1.807, 2.05) is 0 Å². The zero-order valence-corrected chi connectivity index (χ0v) is 13.5. The molecule has 1 aliphatic rings. The van der Waals surface area contributed by atoms with Crippen LogP contribution in [0.5, 0.6) is 0 Å². The predicted octanol–water partition coefficient (Wildman–Crippen LogP) is 2.54. The van der Waals surface area contributed by atoms with E-state index in [0.717, 1.165) is 19.1 Å². The van der Waals surface area contributed by atoms with Gasteiger partial charge >= 0.3 is 0 Å². The van der Waals surface area contributed by atoms with E-state index < -0.39 is 0 Å². The van der Waals surface area contributed by atoms with E-state index >= 15 is 0 Å². The maximum atomic E-state index is 5.98. The number of rotatable bonds is 4. The van der Waals surface area contributed by atoms with Crippen LogP contribution >= 0.6 is 27.3 Å². The van der Waals surface area contributed by atoms with E-state index in [1.54, 1.807) is 11.3 Å². The first-order chi connectivity index (χ1) is 8.61. The predicted molar refractivity (Wildman–Crippen MR) is 82.1 cm³/mol. The normalized spacial score (nSPS) is 20.5. The summed E-state index contributed by atoms with van der Waals surface area (Å²) >= 11 is 5.34. The highest BCUT2D eigenvalue weighted by atomic mass is 79.9. The summed E-state index contributed by atoms with van der Waals surface area (Å²) in [5.41, 5.74) is 5.98. The van der Waals surface area contributed by atoms with Gasteiger partial charge in [-0.05, 0) is 55.0 Å². The van der Waals surface area contributed by atoms with E-state index in [1.165, 1.54) is 21.5 Å². The maximum Gasteiger partial charge on any atom is 0.0702 e. The van der Waals surface area contributed by atoms with Crippen molar-refractivity contribution in [1.29, 1.82) is 0 Å². The third kappa shape index (κ3) is 3.33. The summed E-state index contributed by atoms with van der Waals surface area (Å²) in [5, 5.41) is 0. The molecule has 1 unspecified atom stereocenters. The fourth-order valence-electron chi connectivity index (χ4n) is 2.67. The van der Waals surface area contributed by atoms with Gasteiger partial charge in [0, 0.05) is 30.6 Å². The first-order valence-electron chi connectivity index (χ1n) is 6.47. The molecule has 0 radical (unpaired) electrons. The molecule has 2 N–H and O–H groups in total. The van der Waals surface area contributed by atoms with Gasteiger partial charge in [-0.15, -0.1) is 11.3 Å². The highest BCUT2D eigenvalue weighted by molar-refractivity contribution is 9.11. The molecular weight excluding hydrogens is 310 g/mol. The summed E-state index contributed by atoms with van der Waals surface area (Å²) in [6.07, 6.45) is 2.49. The van der Waals surface area contributed by atoms with Gasteiger partial charge < -0.3 is 10.6 Å². The molecule has 18 heavy (non-hydrogen) atoms. The van der Waals surface area contributed by atoms with Crippen molar-refractivity contribution in [2.75, 3.05) is 33.7 Å². The van der Waals surface area contributed by atoms with Gasteiger partial charge in [-0.1, -0.05) is 0 Å². The first kappa shape index (κ1) is 14.5. The van der Waals surface area contributed by atoms with Gasteiger partial charge in [-0.25, -0.2) is 0 Å². The second-order valence-electron chi connectivity index (χ2n) is 5.12. The number of piperidine rings is 1. The van der Waals surface area contributed by atoms with E-state index in [-0.39, 0.29) is 0 Å². The summed E-state index contributed by atoms with van der Waals surface area (Å²) in [6, 6.07) is 5.44. The van der Waals surface area contributed by atoms with E-state index in [0.29, 0.717) is 12.6 Å². The summed E-state index contributed by atoms with van der Waals surface area (Å²) in [4.78, 5) is 6.27. The standard InChI is InChI=1S/C13H22BrN3S/c1-16(2)10-5-7-17(8-6-10)11(9-15)12-3-4-13(14)18-12/h3-4,10-11H,5-9,15H2,1-2H3. The van der Waals surface area contributed by atoms with Crippen LogP contribution in [0.3, 0.4) is 0 Å². The zero-order valence-electron chi connectivity index (χ0n) is 11.1. The molecule has 1 atom stereocenters. The molecule has 0 saturated carbocycles. The average molecular weight is 332 g/mol. The summed E-state index contributed by atoms with van der Waals surface area (Å²) in [6.45, 7) is 3.01. The van der Waals surface area contributed by atoms with Crippen molar-refractivity contribution in [3.05, 3.63) is 20.8 Å². The molecule has 1 fully saturated rings. The van der Waals surface area contributed by atoms with Gasteiger partial charge in [0.15, 0.2) is 0 Å². The lowest BCUT2D eigenvalue weighted by atomic mass is 10.0. The maximum absolute atomic E-state index is 5.98. The molecular formula is C13H22BrN3S. The van der Waals surface area contributed by atoms with Gasteiger partial charge in [-0.3, -0.25) is 4.90 Å². The van der Waals surface area contributed by atoms with Crippen LogP contribution in [0.1, 0.15) is 23.8 Å². The third-order valence-electron chi connectivity index (χ3n) is 3.82. The SMILES string of the molecule is CN(C)C1CCN(C(CN)c2ccc(Br)s2)CC1. The molecule has 0 bridgehead atoms. The Hall–Kier alpha value is 0.0600. The molecule has 1 aromatic rings. The Morgan fingerprint density at radius 3 is 2.56 bits per heavy atom. The fourth-order valence-corrected chi connectivity index (χ4v) is 4.24. The number of nitrogens with two attached hydrogens (primary N) is 1. The molecule has 1 saturated heterocycles. The van der Waals surface area contributed by atoms with Crippen LogP contribution in [0.25, 0.3) is 0 Å². The van der Waals surface area contributed by atoms with Crippen molar-refractivity contribution >= 4 is 27.3 Å². The highest BCUT2D eigenvalue weighted by Crippen LogP contribution is 2.32. The quantitative estimate of drug-likeness (QED) is 0.920. The fraction of sp³-hybridized carbons (Fsp3) is 0.692.